The Morgan fingerprint density at radius 1 is 0.426 bits per heavy atom. The second-order valence-electron chi connectivity index (χ2n) is 8.72. The summed E-state index contributed by atoms with van der Waals surface area (Å²) in [6.07, 6.45) is -12.8. The van der Waals surface area contributed by atoms with Gasteiger partial charge in [-0.1, -0.05) is 6.58 Å². The molecule has 0 aromatic heterocycles. The van der Waals surface area contributed by atoms with Crippen molar-refractivity contribution < 1.29 is 128 Å². The van der Waals surface area contributed by atoms with E-state index in [1.165, 1.54) is 0 Å². The topological polar surface area (TPSA) is 26.3 Å². The zero-order chi connectivity index (χ0) is 39.1. The van der Waals surface area contributed by atoms with E-state index in [-0.39, 0.29) is 6.08 Å². The maximum Gasteiger partial charge on any atom is 0.460 e. The number of hydrogen-bond acceptors (Lipinski definition) is 2. The maximum atomic E-state index is 13.8. The summed E-state index contributed by atoms with van der Waals surface area (Å²) < 4.78 is 366. The molecule has 0 amide bonds. The molecule has 47 heavy (non-hydrogen) atoms. The molecular formula is C18H7F27O2. The van der Waals surface area contributed by atoms with E-state index in [9.17, 15) is 123 Å². The van der Waals surface area contributed by atoms with Crippen molar-refractivity contribution in [2.75, 3.05) is 0 Å². The molecule has 0 heterocycles. The molecule has 0 aromatic carbocycles. The van der Waals surface area contributed by atoms with E-state index < -0.39 is 96.2 Å². The van der Waals surface area contributed by atoms with Crippen molar-refractivity contribution in [3.63, 3.8) is 0 Å². The lowest BCUT2D eigenvalue weighted by Crippen LogP contribution is -2.79. The number of ether oxygens (including phenoxy) is 1. The molecular weight excluding hydrogens is 761 g/mol. The fourth-order valence-electron chi connectivity index (χ4n) is 2.71. The Balaban J connectivity index is 7.45. The van der Waals surface area contributed by atoms with E-state index in [0.29, 0.717) is 0 Å². The van der Waals surface area contributed by atoms with Crippen LogP contribution in [-0.4, -0.2) is 89.3 Å². The van der Waals surface area contributed by atoms with Gasteiger partial charge >= 0.3 is 83.2 Å². The molecule has 0 aliphatic heterocycles. The van der Waals surface area contributed by atoms with Crippen LogP contribution in [-0.2, 0) is 9.53 Å². The Bertz CT molecular complexity index is 1180. The highest BCUT2D eigenvalue weighted by molar-refractivity contribution is 5.81. The Hall–Kier alpha value is -2.68. The van der Waals surface area contributed by atoms with Crippen LogP contribution in [0.5, 0.6) is 0 Å². The Kier molecular flexibility index (Phi) is 10.5. The minimum absolute atomic E-state index is 0.270. The summed E-state index contributed by atoms with van der Waals surface area (Å²) in [5.74, 6) is -113. The molecule has 0 rings (SSSR count). The fraction of sp³-hybridized carbons (Fsp3) is 0.833. The normalized spacial score (nSPS) is 17.0. The van der Waals surface area contributed by atoms with Gasteiger partial charge in [-0.15, -0.1) is 0 Å². The van der Waals surface area contributed by atoms with Crippen molar-refractivity contribution in [1.82, 2.24) is 0 Å². The van der Waals surface area contributed by atoms with Crippen molar-refractivity contribution >= 4 is 5.97 Å². The monoisotopic (exact) mass is 768 g/mol. The first-order valence-corrected chi connectivity index (χ1v) is 10.3. The summed E-state index contributed by atoms with van der Waals surface area (Å²) in [6.45, 7) is 1.74. The van der Waals surface area contributed by atoms with E-state index in [1.54, 1.807) is 0 Å². The number of alkyl halides is 27. The average molecular weight is 768 g/mol. The summed E-state index contributed by atoms with van der Waals surface area (Å²) >= 11 is 0. The summed E-state index contributed by atoms with van der Waals surface area (Å²) in [6, 6.07) is 0. The molecule has 29 heteroatoms. The summed E-state index contributed by atoms with van der Waals surface area (Å²) in [4.78, 5) is 10.8. The standard InChI is InChI=1S/C18H7F27O2/c1-3-5(46)47-4(2)6(19,20)7(21,22)8(23,24)9(25,26)10(27,28)11(29,30)12(31,32)13(33,34)14(35,36)15(37,38)16(39,40)17(41,42)18(43,44)45/h3-4H,1H2,2H3. The van der Waals surface area contributed by atoms with Crippen LogP contribution in [0.2, 0.25) is 0 Å². The quantitative estimate of drug-likeness (QED) is 0.100. The van der Waals surface area contributed by atoms with Crippen molar-refractivity contribution in [3.8, 4) is 0 Å². The van der Waals surface area contributed by atoms with Gasteiger partial charge < -0.3 is 4.74 Å². The van der Waals surface area contributed by atoms with Gasteiger partial charge in [0, 0.05) is 6.08 Å². The van der Waals surface area contributed by atoms with Crippen LogP contribution in [0, 0.1) is 0 Å². The lowest BCUT2D eigenvalue weighted by atomic mass is 9.83. The molecule has 0 fully saturated rings. The number of rotatable bonds is 14. The first-order valence-electron chi connectivity index (χ1n) is 10.3. The van der Waals surface area contributed by atoms with Crippen LogP contribution in [0.3, 0.4) is 0 Å². The predicted molar refractivity (Wildman–Crippen MR) is 91.2 cm³/mol. The predicted octanol–water partition coefficient (Wildman–Crippen LogP) is 9.29. The van der Waals surface area contributed by atoms with E-state index in [0.717, 1.165) is 0 Å². The molecule has 0 aromatic rings. The Labute approximate surface area is 238 Å². The first kappa shape index (κ1) is 44.3. The van der Waals surface area contributed by atoms with Crippen molar-refractivity contribution in [2.24, 2.45) is 0 Å². The molecule has 2 nitrogen and oxygen atoms in total. The molecule has 0 aliphatic rings. The van der Waals surface area contributed by atoms with Crippen LogP contribution >= 0.6 is 0 Å². The van der Waals surface area contributed by atoms with Crippen LogP contribution in [0.15, 0.2) is 12.7 Å². The molecule has 0 N–H and O–H groups in total. The number of esters is 1. The highest BCUT2D eigenvalue weighted by atomic mass is 19.4. The average Bonchev–Trinajstić information content (AvgIpc) is 2.86. The molecule has 0 saturated carbocycles. The van der Waals surface area contributed by atoms with E-state index in [1.807, 2.05) is 0 Å². The van der Waals surface area contributed by atoms with Gasteiger partial charge in [-0.05, 0) is 6.92 Å². The van der Waals surface area contributed by atoms with Gasteiger partial charge in [0.1, 0.15) is 0 Å². The van der Waals surface area contributed by atoms with E-state index >= 15 is 0 Å². The van der Waals surface area contributed by atoms with Crippen LogP contribution in [0.4, 0.5) is 119 Å². The largest absolute Gasteiger partial charge is 0.460 e. The second-order valence-corrected chi connectivity index (χ2v) is 8.72. The summed E-state index contributed by atoms with van der Waals surface area (Å²) in [7, 11) is 0. The minimum Gasteiger partial charge on any atom is -0.453 e. The second kappa shape index (κ2) is 11.2. The SMILES string of the molecule is C=CC(=O)OC(C)C(F)(F)C(F)(F)C(F)(F)C(F)(F)C(F)(F)C(F)(F)C(F)(F)C(F)(F)C(F)(F)C(F)(F)C(F)(F)C(F)(F)C(F)(F)F. The molecule has 0 spiro atoms. The molecule has 0 radical (unpaired) electrons. The first-order chi connectivity index (χ1) is 19.9. The number of hydrogen-bond donors (Lipinski definition) is 0. The Morgan fingerprint density at radius 2 is 0.617 bits per heavy atom. The van der Waals surface area contributed by atoms with Gasteiger partial charge in [-0.3, -0.25) is 0 Å². The third-order valence-corrected chi connectivity index (χ3v) is 5.69. The fourth-order valence-corrected chi connectivity index (χ4v) is 2.71. The van der Waals surface area contributed by atoms with Gasteiger partial charge in [0.2, 0.25) is 0 Å². The molecule has 1 atom stereocenters. The number of halogens is 27. The lowest BCUT2D eigenvalue weighted by Gasteiger charge is -2.46. The van der Waals surface area contributed by atoms with Crippen molar-refractivity contribution in [1.29, 1.82) is 0 Å². The maximum absolute atomic E-state index is 13.8. The van der Waals surface area contributed by atoms with Crippen LogP contribution in [0.1, 0.15) is 6.92 Å². The van der Waals surface area contributed by atoms with Crippen LogP contribution < -0.4 is 0 Å². The van der Waals surface area contributed by atoms with E-state index in [2.05, 4.69) is 11.3 Å². The minimum atomic E-state index is -9.83. The van der Waals surface area contributed by atoms with Gasteiger partial charge in [0.15, 0.2) is 6.10 Å². The third kappa shape index (κ3) is 5.37. The lowest BCUT2D eigenvalue weighted by molar-refractivity contribution is -0.485. The van der Waals surface area contributed by atoms with Gasteiger partial charge in [0.05, 0.1) is 0 Å². The molecule has 0 bridgehead atoms. The molecule has 1 unspecified atom stereocenters. The van der Waals surface area contributed by atoms with Crippen molar-refractivity contribution in [3.05, 3.63) is 12.7 Å². The number of carbonyl (C=O) groups excluding carboxylic acids is 1. The van der Waals surface area contributed by atoms with Crippen LogP contribution in [0.25, 0.3) is 0 Å². The van der Waals surface area contributed by atoms with Gasteiger partial charge in [-0.25, -0.2) is 4.79 Å². The highest BCUT2D eigenvalue weighted by Gasteiger charge is 3.00. The van der Waals surface area contributed by atoms with Gasteiger partial charge in [0.25, 0.3) is 0 Å². The zero-order valence-corrected chi connectivity index (χ0v) is 20.9. The summed E-state index contributed by atoms with van der Waals surface area (Å²) in [5, 5.41) is 0. The molecule has 280 valence electrons. The zero-order valence-electron chi connectivity index (χ0n) is 20.9. The third-order valence-electron chi connectivity index (χ3n) is 5.69. The highest BCUT2D eigenvalue weighted by Crippen LogP contribution is 2.68. The molecule has 0 saturated heterocycles. The van der Waals surface area contributed by atoms with Crippen molar-refractivity contribution in [2.45, 2.75) is 90.3 Å². The van der Waals surface area contributed by atoms with E-state index in [4.69, 9.17) is 0 Å². The summed E-state index contributed by atoms with van der Waals surface area (Å²) in [5.41, 5.74) is 0. The smallest absolute Gasteiger partial charge is 0.453 e. The Morgan fingerprint density at radius 3 is 0.809 bits per heavy atom. The molecule has 0 aliphatic carbocycles. The number of carbonyl (C=O) groups is 1. The van der Waals surface area contributed by atoms with Gasteiger partial charge in [-0.2, -0.15) is 119 Å².